The van der Waals surface area contributed by atoms with Crippen LogP contribution >= 0.6 is 0 Å². The van der Waals surface area contributed by atoms with Crippen molar-refractivity contribution in [1.29, 1.82) is 0 Å². The van der Waals surface area contributed by atoms with E-state index in [4.69, 9.17) is 17.2 Å². The number of carboxylic acids is 1. The van der Waals surface area contributed by atoms with Gasteiger partial charge in [-0.15, -0.1) is 0 Å². The number of hydrogen-bond acceptors (Lipinski definition) is 9. The smallest absolute Gasteiger partial charge is 0.326 e. The molecule has 0 aliphatic carbocycles. The van der Waals surface area contributed by atoms with E-state index in [2.05, 4.69) is 25.9 Å². The van der Waals surface area contributed by atoms with Crippen LogP contribution in [0.2, 0.25) is 0 Å². The van der Waals surface area contributed by atoms with E-state index in [1.165, 1.54) is 36.8 Å². The van der Waals surface area contributed by atoms with Crippen LogP contribution in [0.15, 0.2) is 36.8 Å². The molecule has 210 valence electrons. The van der Waals surface area contributed by atoms with E-state index in [1.807, 2.05) is 0 Å². The van der Waals surface area contributed by atoms with Gasteiger partial charge in [-0.3, -0.25) is 24.0 Å². The topological polar surface area (TPSA) is 286 Å². The molecule has 0 saturated heterocycles. The molecule has 0 aliphatic heterocycles. The Morgan fingerprint density at radius 2 is 1.38 bits per heavy atom. The van der Waals surface area contributed by atoms with Gasteiger partial charge in [-0.05, 0) is 17.7 Å². The van der Waals surface area contributed by atoms with Crippen LogP contribution in [0, 0.1) is 0 Å². The van der Waals surface area contributed by atoms with Crippen molar-refractivity contribution in [2.45, 2.75) is 49.9 Å². The second kappa shape index (κ2) is 14.1. The molecule has 16 nitrogen and oxygen atoms in total. The average Bonchev–Trinajstić information content (AvgIpc) is 3.36. The number of imidazole rings is 1. The van der Waals surface area contributed by atoms with Crippen LogP contribution in [0.1, 0.15) is 24.1 Å². The van der Waals surface area contributed by atoms with Gasteiger partial charge in [-0.1, -0.05) is 12.1 Å². The first-order valence-electron chi connectivity index (χ1n) is 11.6. The predicted molar refractivity (Wildman–Crippen MR) is 133 cm³/mol. The van der Waals surface area contributed by atoms with E-state index in [9.17, 15) is 39.0 Å². The molecule has 16 heteroatoms. The number of carbonyl (C=O) groups excluding carboxylic acids is 5. The van der Waals surface area contributed by atoms with E-state index < -0.39 is 72.5 Å². The third-order valence-electron chi connectivity index (χ3n) is 5.40. The van der Waals surface area contributed by atoms with Crippen LogP contribution in [0.25, 0.3) is 0 Å². The zero-order valence-corrected chi connectivity index (χ0v) is 20.6. The lowest BCUT2D eigenvalue weighted by Gasteiger charge is -2.24. The van der Waals surface area contributed by atoms with Gasteiger partial charge in [0, 0.05) is 24.7 Å². The number of nitrogens with two attached hydrogens (primary N) is 3. The number of carbonyl (C=O) groups is 6. The van der Waals surface area contributed by atoms with E-state index in [0.29, 0.717) is 11.3 Å². The molecule has 4 unspecified atom stereocenters. The number of nitrogens with one attached hydrogen (secondary N) is 4. The Kier molecular flexibility index (Phi) is 10.9. The SMILES string of the molecule is NC(=O)CC(N)C(=O)NC(Cc1ccc(O)cc1)C(=O)NC(CC(N)=O)C(=O)NC(Cc1cnc[nH]1)C(=O)O. The molecule has 0 aliphatic rings. The Labute approximate surface area is 221 Å². The lowest BCUT2D eigenvalue weighted by molar-refractivity contribution is -0.142. The van der Waals surface area contributed by atoms with E-state index in [1.54, 1.807) is 0 Å². The fourth-order valence-corrected chi connectivity index (χ4v) is 3.44. The van der Waals surface area contributed by atoms with Gasteiger partial charge in [0.2, 0.25) is 29.5 Å². The molecule has 0 saturated carbocycles. The van der Waals surface area contributed by atoms with Crippen LogP contribution in [0.5, 0.6) is 5.75 Å². The van der Waals surface area contributed by atoms with Gasteiger partial charge >= 0.3 is 5.97 Å². The predicted octanol–water partition coefficient (Wildman–Crippen LogP) is -3.48. The van der Waals surface area contributed by atoms with Gasteiger partial charge in [0.25, 0.3) is 0 Å². The summed E-state index contributed by atoms with van der Waals surface area (Å²) in [6.45, 7) is 0. The van der Waals surface area contributed by atoms with Crippen LogP contribution in [-0.2, 0) is 41.6 Å². The van der Waals surface area contributed by atoms with Crippen molar-refractivity contribution in [2.24, 2.45) is 17.2 Å². The number of hydrogen-bond donors (Lipinski definition) is 9. The third kappa shape index (κ3) is 10.1. The second-order valence-corrected chi connectivity index (χ2v) is 8.62. The summed E-state index contributed by atoms with van der Waals surface area (Å²) in [7, 11) is 0. The van der Waals surface area contributed by atoms with E-state index in [-0.39, 0.29) is 18.6 Å². The Morgan fingerprint density at radius 1 is 0.821 bits per heavy atom. The van der Waals surface area contributed by atoms with Crippen LogP contribution in [0.4, 0.5) is 0 Å². The molecule has 0 spiro atoms. The molecule has 0 fully saturated rings. The Morgan fingerprint density at radius 3 is 1.92 bits per heavy atom. The number of nitrogens with zero attached hydrogens (tertiary/aromatic N) is 1. The van der Waals surface area contributed by atoms with Crippen molar-refractivity contribution < 1.29 is 39.0 Å². The van der Waals surface area contributed by atoms with Crippen molar-refractivity contribution >= 4 is 35.5 Å². The summed E-state index contributed by atoms with van der Waals surface area (Å²) in [5.41, 5.74) is 16.9. The zero-order chi connectivity index (χ0) is 29.1. The minimum Gasteiger partial charge on any atom is -0.508 e. The maximum absolute atomic E-state index is 13.2. The first-order chi connectivity index (χ1) is 18.3. The first kappa shape index (κ1) is 30.2. The van der Waals surface area contributed by atoms with Crippen molar-refractivity contribution in [3.05, 3.63) is 48.0 Å². The van der Waals surface area contributed by atoms with Gasteiger partial charge in [0.1, 0.15) is 23.9 Å². The fraction of sp³-hybridized carbons (Fsp3) is 0.348. The zero-order valence-electron chi connectivity index (χ0n) is 20.6. The number of amides is 5. The third-order valence-corrected chi connectivity index (χ3v) is 5.40. The molecule has 1 aromatic carbocycles. The van der Waals surface area contributed by atoms with Gasteiger partial charge < -0.3 is 48.3 Å². The number of carboxylic acid groups (broad SMARTS) is 1. The minimum atomic E-state index is -1.60. The number of aromatic nitrogens is 2. The number of aromatic amines is 1. The monoisotopic (exact) mass is 546 g/mol. The highest BCUT2D eigenvalue weighted by Gasteiger charge is 2.32. The standard InChI is InChI=1S/C23H30N8O8/c24-14(7-18(25)33)20(35)29-15(5-11-1-3-13(32)4-2-11)21(36)30-16(8-19(26)34)22(37)31-17(23(38)39)6-12-9-27-10-28-12/h1-4,9-10,14-17,32H,5-8,24H2,(H2,25,33)(H2,26,34)(H,27,28)(H,29,35)(H,30,36)(H,31,37)(H,38,39). The summed E-state index contributed by atoms with van der Waals surface area (Å²) in [5, 5.41) is 26.0. The lowest BCUT2D eigenvalue weighted by Crippen LogP contribution is -2.58. The number of phenolic OH excluding ortho intramolecular Hbond substituents is 1. The second-order valence-electron chi connectivity index (χ2n) is 8.62. The first-order valence-corrected chi connectivity index (χ1v) is 11.6. The Balaban J connectivity index is 2.23. The molecule has 4 atom stereocenters. The number of phenols is 1. The van der Waals surface area contributed by atoms with Crippen molar-refractivity contribution in [2.75, 3.05) is 0 Å². The summed E-state index contributed by atoms with van der Waals surface area (Å²) >= 11 is 0. The van der Waals surface area contributed by atoms with Crippen molar-refractivity contribution in [3.8, 4) is 5.75 Å². The summed E-state index contributed by atoms with van der Waals surface area (Å²) in [4.78, 5) is 79.6. The summed E-state index contributed by atoms with van der Waals surface area (Å²) in [6, 6.07) is -0.135. The molecular weight excluding hydrogens is 516 g/mol. The highest BCUT2D eigenvalue weighted by atomic mass is 16.4. The van der Waals surface area contributed by atoms with Crippen LogP contribution in [-0.4, -0.2) is 79.9 Å². The molecule has 0 bridgehead atoms. The largest absolute Gasteiger partial charge is 0.508 e. The number of primary amides is 2. The summed E-state index contributed by atoms with van der Waals surface area (Å²) in [6.07, 6.45) is 1.18. The Bertz CT molecular complexity index is 1190. The molecule has 1 heterocycles. The van der Waals surface area contributed by atoms with Crippen LogP contribution in [0.3, 0.4) is 0 Å². The van der Waals surface area contributed by atoms with Gasteiger partial charge in [-0.25, -0.2) is 9.78 Å². The molecule has 2 aromatic rings. The quantitative estimate of drug-likeness (QED) is 0.106. The average molecular weight is 547 g/mol. The maximum Gasteiger partial charge on any atom is 0.326 e. The molecule has 1 aromatic heterocycles. The molecule has 0 radical (unpaired) electrons. The Hall–Kier alpha value is -4.99. The van der Waals surface area contributed by atoms with Crippen molar-refractivity contribution in [3.63, 3.8) is 0 Å². The van der Waals surface area contributed by atoms with E-state index >= 15 is 0 Å². The van der Waals surface area contributed by atoms with Gasteiger partial charge in [0.15, 0.2) is 0 Å². The highest BCUT2D eigenvalue weighted by Crippen LogP contribution is 2.12. The number of aliphatic carboxylic acids is 1. The molecular formula is C23H30N8O8. The fourth-order valence-electron chi connectivity index (χ4n) is 3.44. The summed E-state index contributed by atoms with van der Waals surface area (Å²) in [5.74, 6) is -6.11. The lowest BCUT2D eigenvalue weighted by atomic mass is 10.0. The van der Waals surface area contributed by atoms with Gasteiger partial charge in [0.05, 0.1) is 25.2 Å². The number of benzene rings is 1. The molecule has 39 heavy (non-hydrogen) atoms. The number of aromatic hydroxyl groups is 1. The summed E-state index contributed by atoms with van der Waals surface area (Å²) < 4.78 is 0. The minimum absolute atomic E-state index is 0.0476. The number of rotatable bonds is 15. The van der Waals surface area contributed by atoms with Crippen molar-refractivity contribution in [1.82, 2.24) is 25.9 Å². The van der Waals surface area contributed by atoms with E-state index in [0.717, 1.165) is 0 Å². The highest BCUT2D eigenvalue weighted by molar-refractivity contribution is 5.96. The van der Waals surface area contributed by atoms with Crippen LogP contribution < -0.4 is 33.2 Å². The normalized spacial score (nSPS) is 13.8. The maximum atomic E-state index is 13.2. The number of H-pyrrole nitrogens is 1. The molecule has 2 rings (SSSR count). The molecule has 12 N–H and O–H groups in total. The van der Waals surface area contributed by atoms with Gasteiger partial charge in [-0.2, -0.15) is 0 Å². The molecule has 5 amide bonds.